The first kappa shape index (κ1) is 10.7. The van der Waals surface area contributed by atoms with E-state index in [0.29, 0.717) is 12.1 Å². The van der Waals surface area contributed by atoms with Gasteiger partial charge < -0.3 is 9.94 Å². The lowest BCUT2D eigenvalue weighted by molar-refractivity contribution is -0.143. The van der Waals surface area contributed by atoms with E-state index in [-0.39, 0.29) is 5.97 Å². The van der Waals surface area contributed by atoms with E-state index in [1.807, 2.05) is 24.3 Å². The average Bonchev–Trinajstić information content (AvgIpc) is 2.28. The lowest BCUT2D eigenvalue weighted by Crippen LogP contribution is -2.32. The summed E-state index contributed by atoms with van der Waals surface area (Å²) in [6.07, 6.45) is 1.06. The number of hydrogen-bond donors (Lipinski definition) is 1. The molecule has 0 heterocycles. The Bertz CT molecular complexity index is 440. The van der Waals surface area contributed by atoms with Crippen LogP contribution in [0.15, 0.2) is 29.4 Å². The van der Waals surface area contributed by atoms with Gasteiger partial charge in [-0.25, -0.2) is 0 Å². The maximum Gasteiger partial charge on any atom is 0.303 e. The molecule has 1 atom stereocenters. The molecule has 1 aromatic rings. The first-order chi connectivity index (χ1) is 7.72. The van der Waals surface area contributed by atoms with Crippen LogP contribution in [-0.4, -0.2) is 23.0 Å². The Hall–Kier alpha value is -1.84. The number of oxime groups is 1. The van der Waals surface area contributed by atoms with E-state index in [1.165, 1.54) is 6.92 Å². The molecule has 84 valence electrons. The second-order valence-corrected chi connectivity index (χ2v) is 3.78. The summed E-state index contributed by atoms with van der Waals surface area (Å²) in [5, 5.41) is 12.3. The van der Waals surface area contributed by atoms with E-state index in [1.54, 1.807) is 0 Å². The summed E-state index contributed by atoms with van der Waals surface area (Å²) in [5.74, 6) is -0.356. The molecule has 1 aliphatic carbocycles. The van der Waals surface area contributed by atoms with E-state index < -0.39 is 6.10 Å². The van der Waals surface area contributed by atoms with Crippen molar-refractivity contribution in [2.75, 3.05) is 0 Å². The average molecular weight is 219 g/mol. The molecule has 0 saturated heterocycles. The topological polar surface area (TPSA) is 58.9 Å². The van der Waals surface area contributed by atoms with Crippen molar-refractivity contribution >= 4 is 11.7 Å². The Morgan fingerprint density at radius 3 is 2.94 bits per heavy atom. The van der Waals surface area contributed by atoms with Gasteiger partial charge in [-0.2, -0.15) is 0 Å². The molecule has 1 N–H and O–H groups in total. The summed E-state index contributed by atoms with van der Waals surface area (Å²) >= 11 is 0. The first-order valence-electron chi connectivity index (χ1n) is 5.20. The Morgan fingerprint density at radius 1 is 1.50 bits per heavy atom. The number of carbonyl (C=O) groups is 1. The molecule has 4 nitrogen and oxygen atoms in total. The van der Waals surface area contributed by atoms with Crippen molar-refractivity contribution in [1.82, 2.24) is 0 Å². The molecule has 1 unspecified atom stereocenters. The Kier molecular flexibility index (Phi) is 2.90. The summed E-state index contributed by atoms with van der Waals surface area (Å²) in [4.78, 5) is 10.9. The third kappa shape index (κ3) is 1.91. The van der Waals surface area contributed by atoms with Gasteiger partial charge in [0.1, 0.15) is 11.8 Å². The zero-order valence-corrected chi connectivity index (χ0v) is 9.01. The zero-order valence-electron chi connectivity index (χ0n) is 9.01. The van der Waals surface area contributed by atoms with E-state index in [2.05, 4.69) is 5.16 Å². The largest absolute Gasteiger partial charge is 0.456 e. The van der Waals surface area contributed by atoms with Crippen molar-refractivity contribution in [3.8, 4) is 0 Å². The van der Waals surface area contributed by atoms with Crippen LogP contribution in [0.3, 0.4) is 0 Å². The van der Waals surface area contributed by atoms with Gasteiger partial charge >= 0.3 is 5.97 Å². The van der Waals surface area contributed by atoms with Crippen LogP contribution in [-0.2, 0) is 16.0 Å². The molecule has 0 bridgehead atoms. The maximum absolute atomic E-state index is 10.9. The highest BCUT2D eigenvalue weighted by molar-refractivity contribution is 6.06. The summed E-state index contributed by atoms with van der Waals surface area (Å²) < 4.78 is 5.12. The monoisotopic (exact) mass is 219 g/mol. The minimum Gasteiger partial charge on any atom is -0.456 e. The normalized spacial score (nSPS) is 21.6. The Balaban J connectivity index is 2.34. The van der Waals surface area contributed by atoms with Gasteiger partial charge in [-0.15, -0.1) is 0 Å². The van der Waals surface area contributed by atoms with Gasteiger partial charge in [0.25, 0.3) is 0 Å². The fourth-order valence-electron chi connectivity index (χ4n) is 2.02. The SMILES string of the molecule is CC(=O)OC1CCc2ccccc2/C1=N\O. The fourth-order valence-corrected chi connectivity index (χ4v) is 2.02. The summed E-state index contributed by atoms with van der Waals surface area (Å²) in [6, 6.07) is 7.69. The minimum atomic E-state index is -0.433. The predicted molar refractivity (Wildman–Crippen MR) is 58.6 cm³/mol. The number of benzene rings is 1. The molecule has 0 spiro atoms. The molecular weight excluding hydrogens is 206 g/mol. The summed E-state index contributed by atoms with van der Waals surface area (Å²) in [7, 11) is 0. The van der Waals surface area contributed by atoms with Crippen LogP contribution < -0.4 is 0 Å². The highest BCUT2D eigenvalue weighted by Gasteiger charge is 2.27. The van der Waals surface area contributed by atoms with Gasteiger partial charge in [-0.05, 0) is 18.4 Å². The van der Waals surface area contributed by atoms with Crippen molar-refractivity contribution < 1.29 is 14.7 Å². The third-order valence-corrected chi connectivity index (χ3v) is 2.69. The molecule has 0 aliphatic heterocycles. The highest BCUT2D eigenvalue weighted by atomic mass is 16.5. The standard InChI is InChI=1S/C12H13NO3/c1-8(14)16-11-7-6-9-4-2-3-5-10(9)12(11)13-15/h2-5,11,15H,6-7H2,1H3/b13-12+. The van der Waals surface area contributed by atoms with Crippen LogP contribution in [0.2, 0.25) is 0 Å². The highest BCUT2D eigenvalue weighted by Crippen LogP contribution is 2.23. The van der Waals surface area contributed by atoms with E-state index in [4.69, 9.17) is 9.94 Å². The summed E-state index contributed by atoms with van der Waals surface area (Å²) in [6.45, 7) is 1.36. The molecule has 0 amide bonds. The van der Waals surface area contributed by atoms with Crippen LogP contribution >= 0.6 is 0 Å². The van der Waals surface area contributed by atoms with Gasteiger partial charge in [0.05, 0.1) is 0 Å². The Labute approximate surface area is 93.5 Å². The molecular formula is C12H13NO3. The van der Waals surface area contributed by atoms with Crippen LogP contribution in [0.1, 0.15) is 24.5 Å². The lowest BCUT2D eigenvalue weighted by Gasteiger charge is -2.24. The molecule has 4 heteroatoms. The van der Waals surface area contributed by atoms with Gasteiger partial charge in [-0.1, -0.05) is 29.4 Å². The van der Waals surface area contributed by atoms with Gasteiger partial charge in [0, 0.05) is 12.5 Å². The van der Waals surface area contributed by atoms with Gasteiger partial charge in [-0.3, -0.25) is 4.79 Å². The van der Waals surface area contributed by atoms with E-state index in [9.17, 15) is 4.79 Å². The fraction of sp³-hybridized carbons (Fsp3) is 0.333. The zero-order chi connectivity index (χ0) is 11.5. The number of carbonyl (C=O) groups excluding carboxylic acids is 1. The molecule has 1 aromatic carbocycles. The second-order valence-electron chi connectivity index (χ2n) is 3.78. The molecule has 0 aromatic heterocycles. The lowest BCUT2D eigenvalue weighted by atomic mass is 9.88. The number of aryl methyl sites for hydroxylation is 1. The first-order valence-corrected chi connectivity index (χ1v) is 5.20. The smallest absolute Gasteiger partial charge is 0.303 e. The van der Waals surface area contributed by atoms with Gasteiger partial charge in [0.15, 0.2) is 0 Å². The maximum atomic E-state index is 10.9. The minimum absolute atomic E-state index is 0.356. The van der Waals surface area contributed by atoms with Crippen molar-refractivity contribution in [1.29, 1.82) is 0 Å². The van der Waals surface area contributed by atoms with Gasteiger partial charge in [0.2, 0.25) is 0 Å². The number of ether oxygens (including phenoxy) is 1. The molecule has 1 aliphatic rings. The van der Waals surface area contributed by atoms with Crippen molar-refractivity contribution in [3.63, 3.8) is 0 Å². The predicted octanol–water partition coefficient (Wildman–Crippen LogP) is 1.74. The quantitative estimate of drug-likeness (QED) is 0.444. The number of esters is 1. The van der Waals surface area contributed by atoms with Crippen LogP contribution in [0.5, 0.6) is 0 Å². The number of rotatable bonds is 1. The van der Waals surface area contributed by atoms with Crippen LogP contribution in [0.25, 0.3) is 0 Å². The number of hydrogen-bond acceptors (Lipinski definition) is 4. The van der Waals surface area contributed by atoms with Crippen molar-refractivity contribution in [3.05, 3.63) is 35.4 Å². The number of fused-ring (bicyclic) bond motifs is 1. The van der Waals surface area contributed by atoms with Crippen molar-refractivity contribution in [2.24, 2.45) is 5.16 Å². The molecule has 0 fully saturated rings. The van der Waals surface area contributed by atoms with Crippen molar-refractivity contribution in [2.45, 2.75) is 25.9 Å². The molecule has 2 rings (SSSR count). The van der Waals surface area contributed by atoms with E-state index >= 15 is 0 Å². The Morgan fingerprint density at radius 2 is 2.25 bits per heavy atom. The molecule has 0 radical (unpaired) electrons. The molecule has 16 heavy (non-hydrogen) atoms. The summed E-state index contributed by atoms with van der Waals surface area (Å²) in [5.41, 5.74) is 2.43. The molecule has 0 saturated carbocycles. The van der Waals surface area contributed by atoms with E-state index in [0.717, 1.165) is 17.5 Å². The van der Waals surface area contributed by atoms with Crippen LogP contribution in [0.4, 0.5) is 0 Å². The second kappa shape index (κ2) is 4.35. The number of nitrogens with zero attached hydrogens (tertiary/aromatic N) is 1. The third-order valence-electron chi connectivity index (χ3n) is 2.69. The van der Waals surface area contributed by atoms with Crippen LogP contribution in [0, 0.1) is 0 Å².